The summed E-state index contributed by atoms with van der Waals surface area (Å²) in [5, 5.41) is 10.2. The number of halogens is 1. The van der Waals surface area contributed by atoms with Gasteiger partial charge in [0.15, 0.2) is 0 Å². The maximum absolute atomic E-state index is 13.6. The lowest BCUT2D eigenvalue weighted by atomic mass is 9.58. The van der Waals surface area contributed by atoms with Crippen molar-refractivity contribution in [3.05, 3.63) is 35.6 Å². The van der Waals surface area contributed by atoms with Crippen LogP contribution in [0.15, 0.2) is 24.3 Å². The molecule has 1 amide bonds. The van der Waals surface area contributed by atoms with Crippen LogP contribution >= 0.6 is 0 Å². The molecule has 0 aromatic heterocycles. The first-order chi connectivity index (χ1) is 12.1. The van der Waals surface area contributed by atoms with Crippen LogP contribution in [0.3, 0.4) is 0 Å². The van der Waals surface area contributed by atoms with Crippen LogP contribution < -0.4 is 5.73 Å². The third-order valence-electron chi connectivity index (χ3n) is 5.79. The Morgan fingerprint density at radius 1 is 1.36 bits per heavy atom. The fraction of sp³-hybridized carbons (Fsp3) is 0.632. The zero-order valence-electron chi connectivity index (χ0n) is 14.5. The van der Waals surface area contributed by atoms with Gasteiger partial charge in [-0.15, -0.1) is 0 Å². The van der Waals surface area contributed by atoms with Crippen molar-refractivity contribution in [3.63, 3.8) is 0 Å². The minimum atomic E-state index is -0.356. The molecular weight excluding hydrogens is 323 g/mol. The minimum absolute atomic E-state index is 0.0433. The molecule has 138 valence electrons. The zero-order valence-corrected chi connectivity index (χ0v) is 14.5. The number of carbonyl (C=O) groups is 1. The summed E-state index contributed by atoms with van der Waals surface area (Å²) < 4.78 is 19.4. The topological polar surface area (TPSA) is 75.8 Å². The van der Waals surface area contributed by atoms with E-state index in [0.29, 0.717) is 51.1 Å². The van der Waals surface area contributed by atoms with E-state index in [2.05, 4.69) is 0 Å². The van der Waals surface area contributed by atoms with Crippen LogP contribution in [0, 0.1) is 11.2 Å². The smallest absolute Gasteiger partial charge is 0.222 e. The quantitative estimate of drug-likeness (QED) is 0.815. The van der Waals surface area contributed by atoms with Crippen molar-refractivity contribution in [2.75, 3.05) is 26.2 Å². The van der Waals surface area contributed by atoms with Gasteiger partial charge in [0.25, 0.3) is 0 Å². The second-order valence-corrected chi connectivity index (χ2v) is 7.10. The molecular formula is C19H27FN2O3. The number of amides is 1. The summed E-state index contributed by atoms with van der Waals surface area (Å²) in [7, 11) is 0. The molecule has 6 heteroatoms. The van der Waals surface area contributed by atoms with Crippen molar-refractivity contribution in [2.45, 2.75) is 44.3 Å². The van der Waals surface area contributed by atoms with Crippen LogP contribution in [0.2, 0.25) is 0 Å². The van der Waals surface area contributed by atoms with Gasteiger partial charge in [0.1, 0.15) is 5.82 Å². The molecule has 0 bridgehead atoms. The standard InChI is InChI=1S/C19H27FN2O3/c20-15-4-2-1-3-14(15)5-6-18(24)22-10-7-19(8-11-22)16(23)13-17(19)25-12-9-21/h1-4,16-17,23H,5-13,21H2/t16-,17+/m0/s1. The Hall–Kier alpha value is -1.50. The molecule has 0 radical (unpaired) electrons. The molecule has 1 aromatic carbocycles. The Labute approximate surface area is 147 Å². The molecule has 1 heterocycles. The van der Waals surface area contributed by atoms with E-state index in [1.165, 1.54) is 6.07 Å². The highest BCUT2D eigenvalue weighted by atomic mass is 19.1. The van der Waals surface area contributed by atoms with E-state index in [-0.39, 0.29) is 29.3 Å². The van der Waals surface area contributed by atoms with E-state index in [1.54, 1.807) is 18.2 Å². The predicted molar refractivity (Wildman–Crippen MR) is 92.4 cm³/mol. The first-order valence-electron chi connectivity index (χ1n) is 9.08. The van der Waals surface area contributed by atoms with Crippen LogP contribution in [0.4, 0.5) is 4.39 Å². The average Bonchev–Trinajstić information content (AvgIpc) is 2.64. The number of benzene rings is 1. The van der Waals surface area contributed by atoms with Gasteiger partial charge in [-0.05, 0) is 30.9 Å². The van der Waals surface area contributed by atoms with Gasteiger partial charge in [-0.3, -0.25) is 4.79 Å². The Morgan fingerprint density at radius 2 is 2.08 bits per heavy atom. The normalized spacial score (nSPS) is 25.0. The van der Waals surface area contributed by atoms with Gasteiger partial charge >= 0.3 is 0 Å². The van der Waals surface area contributed by atoms with E-state index >= 15 is 0 Å². The molecule has 2 atom stereocenters. The van der Waals surface area contributed by atoms with Gasteiger partial charge < -0.3 is 20.5 Å². The van der Waals surface area contributed by atoms with Crippen molar-refractivity contribution in [1.29, 1.82) is 0 Å². The molecule has 5 nitrogen and oxygen atoms in total. The lowest BCUT2D eigenvalue weighted by Gasteiger charge is -2.56. The molecule has 1 aliphatic heterocycles. The minimum Gasteiger partial charge on any atom is -0.392 e. The number of hydrogen-bond donors (Lipinski definition) is 2. The van der Waals surface area contributed by atoms with E-state index in [4.69, 9.17) is 10.5 Å². The highest BCUT2D eigenvalue weighted by Crippen LogP contribution is 2.50. The molecule has 2 aliphatic rings. The molecule has 25 heavy (non-hydrogen) atoms. The monoisotopic (exact) mass is 350 g/mol. The number of aliphatic hydroxyl groups excluding tert-OH is 1. The predicted octanol–water partition coefficient (Wildman–Crippen LogP) is 1.48. The van der Waals surface area contributed by atoms with Crippen molar-refractivity contribution >= 4 is 5.91 Å². The molecule has 2 fully saturated rings. The third kappa shape index (κ3) is 3.71. The second-order valence-electron chi connectivity index (χ2n) is 7.10. The van der Waals surface area contributed by atoms with Crippen molar-refractivity contribution < 1.29 is 19.0 Å². The van der Waals surface area contributed by atoms with Gasteiger partial charge in [-0.25, -0.2) is 4.39 Å². The first kappa shape index (κ1) is 18.3. The van der Waals surface area contributed by atoms with Crippen molar-refractivity contribution in [3.8, 4) is 0 Å². The third-order valence-corrected chi connectivity index (χ3v) is 5.79. The molecule has 1 spiro atoms. The van der Waals surface area contributed by atoms with Gasteiger partial charge in [0, 0.05) is 37.9 Å². The van der Waals surface area contributed by atoms with Crippen LogP contribution in [-0.2, 0) is 16.0 Å². The largest absolute Gasteiger partial charge is 0.392 e. The molecule has 1 aromatic rings. The SMILES string of the molecule is NCCO[C@@H]1C[C@H](O)C12CCN(C(=O)CCc1ccccc1F)CC2. The fourth-order valence-corrected chi connectivity index (χ4v) is 4.10. The molecule has 1 saturated carbocycles. The highest BCUT2D eigenvalue weighted by Gasteiger charge is 2.56. The summed E-state index contributed by atoms with van der Waals surface area (Å²) in [5.74, 6) is -0.211. The Morgan fingerprint density at radius 3 is 2.72 bits per heavy atom. The summed E-state index contributed by atoms with van der Waals surface area (Å²) in [6.45, 7) is 2.22. The Bertz CT molecular complexity index is 602. The lowest BCUT2D eigenvalue weighted by molar-refractivity contribution is -0.210. The van der Waals surface area contributed by atoms with E-state index < -0.39 is 0 Å². The number of nitrogens with two attached hydrogens (primary N) is 1. The summed E-state index contributed by atoms with van der Waals surface area (Å²) in [6.07, 6.45) is 2.56. The van der Waals surface area contributed by atoms with Crippen molar-refractivity contribution in [2.24, 2.45) is 11.1 Å². The van der Waals surface area contributed by atoms with Crippen LogP contribution in [0.25, 0.3) is 0 Å². The van der Waals surface area contributed by atoms with E-state index in [9.17, 15) is 14.3 Å². The number of hydrogen-bond acceptors (Lipinski definition) is 4. The van der Waals surface area contributed by atoms with Crippen molar-refractivity contribution in [1.82, 2.24) is 4.90 Å². The number of aliphatic hydroxyl groups is 1. The lowest BCUT2D eigenvalue weighted by Crippen LogP contribution is -2.62. The number of piperidine rings is 1. The van der Waals surface area contributed by atoms with Crippen LogP contribution in [0.1, 0.15) is 31.2 Å². The molecule has 3 N–H and O–H groups in total. The van der Waals surface area contributed by atoms with Crippen LogP contribution in [-0.4, -0.2) is 54.4 Å². The summed E-state index contributed by atoms with van der Waals surface area (Å²) >= 11 is 0. The van der Waals surface area contributed by atoms with E-state index in [1.807, 2.05) is 4.90 Å². The highest BCUT2D eigenvalue weighted by molar-refractivity contribution is 5.76. The second kappa shape index (κ2) is 7.81. The fourth-order valence-electron chi connectivity index (χ4n) is 4.10. The Balaban J connectivity index is 1.50. The summed E-state index contributed by atoms with van der Waals surface area (Å²) in [4.78, 5) is 14.3. The molecule has 3 rings (SSSR count). The number of nitrogens with zero attached hydrogens (tertiary/aromatic N) is 1. The van der Waals surface area contributed by atoms with Gasteiger partial charge in [-0.2, -0.15) is 0 Å². The molecule has 1 saturated heterocycles. The van der Waals surface area contributed by atoms with Crippen LogP contribution in [0.5, 0.6) is 0 Å². The number of likely N-dealkylation sites (tertiary alicyclic amines) is 1. The molecule has 1 aliphatic carbocycles. The number of rotatable bonds is 6. The number of carbonyl (C=O) groups excluding carboxylic acids is 1. The van der Waals surface area contributed by atoms with E-state index in [0.717, 1.165) is 12.8 Å². The number of ether oxygens (including phenoxy) is 1. The maximum Gasteiger partial charge on any atom is 0.222 e. The number of aryl methyl sites for hydroxylation is 1. The maximum atomic E-state index is 13.6. The van der Waals surface area contributed by atoms with Gasteiger partial charge in [-0.1, -0.05) is 18.2 Å². The zero-order chi connectivity index (χ0) is 17.9. The summed E-state index contributed by atoms with van der Waals surface area (Å²) in [5.41, 5.74) is 5.85. The average molecular weight is 350 g/mol. The van der Waals surface area contributed by atoms with Gasteiger partial charge in [0.2, 0.25) is 5.91 Å². The first-order valence-corrected chi connectivity index (χ1v) is 9.08. The Kier molecular flexibility index (Phi) is 5.71. The summed E-state index contributed by atoms with van der Waals surface area (Å²) in [6, 6.07) is 6.58. The van der Waals surface area contributed by atoms with Gasteiger partial charge in [0.05, 0.1) is 18.8 Å². The molecule has 0 unspecified atom stereocenters.